The lowest BCUT2D eigenvalue weighted by molar-refractivity contribution is 0.211. The zero-order valence-corrected chi connectivity index (χ0v) is 12.0. The molecule has 1 saturated heterocycles. The van der Waals surface area contributed by atoms with Gasteiger partial charge in [0, 0.05) is 45.1 Å². The Morgan fingerprint density at radius 2 is 2.11 bits per heavy atom. The van der Waals surface area contributed by atoms with Crippen LogP contribution in [0.5, 0.6) is 0 Å². The van der Waals surface area contributed by atoms with Crippen molar-refractivity contribution in [2.75, 3.05) is 45.8 Å². The molecular weight excluding hydrogens is 236 g/mol. The van der Waals surface area contributed by atoms with Gasteiger partial charge in [0.1, 0.15) is 0 Å². The highest BCUT2D eigenvalue weighted by molar-refractivity contribution is 5.09. The summed E-state index contributed by atoms with van der Waals surface area (Å²) >= 11 is 0. The zero-order chi connectivity index (χ0) is 13.3. The van der Waals surface area contributed by atoms with E-state index < -0.39 is 0 Å². The number of rotatable bonds is 6. The molecule has 1 aromatic rings. The maximum Gasteiger partial charge on any atom is 0.0271 e. The third-order valence-corrected chi connectivity index (χ3v) is 3.77. The van der Waals surface area contributed by atoms with Gasteiger partial charge in [0.05, 0.1) is 0 Å². The van der Waals surface area contributed by atoms with E-state index >= 15 is 0 Å². The largest absolute Gasteiger partial charge is 0.315 e. The molecule has 4 nitrogen and oxygen atoms in total. The Labute approximate surface area is 116 Å². The standard InChI is InChI=1S/C15H26N4/c1-2-18(14-15-4-7-17-8-5-15)12-13-19-10-3-6-16-9-11-19/h4-5,7-8,16H,2-3,6,9-14H2,1H3. The molecule has 19 heavy (non-hydrogen) atoms. The highest BCUT2D eigenvalue weighted by Crippen LogP contribution is 2.04. The van der Waals surface area contributed by atoms with Crippen LogP contribution in [-0.4, -0.2) is 60.6 Å². The summed E-state index contributed by atoms with van der Waals surface area (Å²) in [5, 5.41) is 3.46. The van der Waals surface area contributed by atoms with E-state index in [-0.39, 0.29) is 0 Å². The summed E-state index contributed by atoms with van der Waals surface area (Å²) < 4.78 is 0. The van der Waals surface area contributed by atoms with Crippen molar-refractivity contribution in [3.05, 3.63) is 30.1 Å². The van der Waals surface area contributed by atoms with Crippen molar-refractivity contribution >= 4 is 0 Å². The van der Waals surface area contributed by atoms with Crippen LogP contribution in [-0.2, 0) is 6.54 Å². The maximum absolute atomic E-state index is 4.07. The molecule has 0 saturated carbocycles. The van der Waals surface area contributed by atoms with Crippen molar-refractivity contribution in [1.29, 1.82) is 0 Å². The molecule has 0 atom stereocenters. The summed E-state index contributed by atoms with van der Waals surface area (Å²) in [4.78, 5) is 9.16. The second-order valence-corrected chi connectivity index (χ2v) is 5.17. The first kappa shape index (κ1) is 14.4. The van der Waals surface area contributed by atoms with Crippen molar-refractivity contribution in [3.63, 3.8) is 0 Å². The van der Waals surface area contributed by atoms with Crippen LogP contribution in [0.4, 0.5) is 0 Å². The number of hydrogen-bond donors (Lipinski definition) is 1. The summed E-state index contributed by atoms with van der Waals surface area (Å²) in [6.07, 6.45) is 5.03. The first-order chi connectivity index (χ1) is 9.38. The van der Waals surface area contributed by atoms with Crippen molar-refractivity contribution in [1.82, 2.24) is 20.1 Å². The van der Waals surface area contributed by atoms with Gasteiger partial charge in [-0.1, -0.05) is 6.92 Å². The van der Waals surface area contributed by atoms with Crippen molar-refractivity contribution in [3.8, 4) is 0 Å². The van der Waals surface area contributed by atoms with Crippen LogP contribution in [0.3, 0.4) is 0 Å². The van der Waals surface area contributed by atoms with Gasteiger partial charge in [-0.25, -0.2) is 0 Å². The summed E-state index contributed by atoms with van der Waals surface area (Å²) in [7, 11) is 0. The molecule has 2 rings (SSSR count). The van der Waals surface area contributed by atoms with Gasteiger partial charge >= 0.3 is 0 Å². The minimum atomic E-state index is 1.03. The Morgan fingerprint density at radius 3 is 2.89 bits per heavy atom. The van der Waals surface area contributed by atoms with Crippen molar-refractivity contribution in [2.24, 2.45) is 0 Å². The molecule has 0 amide bonds. The fourth-order valence-electron chi connectivity index (χ4n) is 2.50. The maximum atomic E-state index is 4.07. The van der Waals surface area contributed by atoms with Crippen molar-refractivity contribution < 1.29 is 0 Å². The van der Waals surface area contributed by atoms with Gasteiger partial charge in [-0.2, -0.15) is 0 Å². The summed E-state index contributed by atoms with van der Waals surface area (Å²) in [5.41, 5.74) is 1.36. The smallest absolute Gasteiger partial charge is 0.0271 e. The van der Waals surface area contributed by atoms with E-state index in [1.807, 2.05) is 12.4 Å². The molecular formula is C15H26N4. The number of aromatic nitrogens is 1. The Bertz CT molecular complexity index is 333. The Balaban J connectivity index is 1.75. The zero-order valence-electron chi connectivity index (χ0n) is 12.0. The molecule has 4 heteroatoms. The number of nitrogens with one attached hydrogen (secondary N) is 1. The fraction of sp³-hybridized carbons (Fsp3) is 0.667. The van der Waals surface area contributed by atoms with Crippen LogP contribution >= 0.6 is 0 Å². The van der Waals surface area contributed by atoms with E-state index in [1.165, 1.54) is 38.2 Å². The molecule has 0 bridgehead atoms. The van der Waals surface area contributed by atoms with Crippen LogP contribution < -0.4 is 5.32 Å². The van der Waals surface area contributed by atoms with Gasteiger partial charge in [-0.05, 0) is 43.8 Å². The van der Waals surface area contributed by atoms with Gasteiger partial charge in [0.2, 0.25) is 0 Å². The molecule has 1 N–H and O–H groups in total. The second-order valence-electron chi connectivity index (χ2n) is 5.17. The molecule has 0 radical (unpaired) electrons. The molecule has 0 aliphatic carbocycles. The molecule has 1 fully saturated rings. The molecule has 1 aliphatic heterocycles. The van der Waals surface area contributed by atoms with E-state index in [4.69, 9.17) is 0 Å². The average molecular weight is 262 g/mol. The van der Waals surface area contributed by atoms with Crippen LogP contribution in [0.1, 0.15) is 18.9 Å². The summed E-state index contributed by atoms with van der Waals surface area (Å²) in [6.45, 7) is 11.4. The Morgan fingerprint density at radius 1 is 1.26 bits per heavy atom. The fourth-order valence-corrected chi connectivity index (χ4v) is 2.50. The lowest BCUT2D eigenvalue weighted by Gasteiger charge is -2.25. The van der Waals surface area contributed by atoms with Crippen LogP contribution in [0.25, 0.3) is 0 Å². The molecule has 1 aromatic heterocycles. The molecule has 0 aromatic carbocycles. The SMILES string of the molecule is CCN(CCN1CCCNCC1)Cc1ccncc1. The van der Waals surface area contributed by atoms with Gasteiger partial charge < -0.3 is 10.2 Å². The predicted molar refractivity (Wildman–Crippen MR) is 79.1 cm³/mol. The van der Waals surface area contributed by atoms with E-state index in [1.54, 1.807) is 0 Å². The average Bonchev–Trinajstić information content (AvgIpc) is 2.73. The Hall–Kier alpha value is -0.970. The third kappa shape index (κ3) is 5.27. The normalized spacial score (nSPS) is 17.6. The van der Waals surface area contributed by atoms with Crippen molar-refractivity contribution in [2.45, 2.75) is 19.9 Å². The van der Waals surface area contributed by atoms with Crippen LogP contribution in [0.2, 0.25) is 0 Å². The van der Waals surface area contributed by atoms with Crippen LogP contribution in [0.15, 0.2) is 24.5 Å². The highest BCUT2D eigenvalue weighted by atomic mass is 15.2. The van der Waals surface area contributed by atoms with Gasteiger partial charge in [-0.3, -0.25) is 9.88 Å². The monoisotopic (exact) mass is 262 g/mol. The number of likely N-dealkylation sites (N-methyl/N-ethyl adjacent to an activating group) is 1. The number of nitrogens with zero attached hydrogens (tertiary/aromatic N) is 3. The lowest BCUT2D eigenvalue weighted by Crippen LogP contribution is -2.36. The third-order valence-electron chi connectivity index (χ3n) is 3.77. The van der Waals surface area contributed by atoms with E-state index in [2.05, 4.69) is 39.2 Å². The minimum Gasteiger partial charge on any atom is -0.315 e. The second kappa shape index (κ2) is 8.25. The quantitative estimate of drug-likeness (QED) is 0.835. The van der Waals surface area contributed by atoms with E-state index in [0.29, 0.717) is 0 Å². The summed E-state index contributed by atoms with van der Waals surface area (Å²) in [5.74, 6) is 0. The molecule has 0 spiro atoms. The molecule has 2 heterocycles. The van der Waals surface area contributed by atoms with Crippen LogP contribution in [0, 0.1) is 0 Å². The van der Waals surface area contributed by atoms with E-state index in [0.717, 1.165) is 26.2 Å². The first-order valence-electron chi connectivity index (χ1n) is 7.43. The topological polar surface area (TPSA) is 31.4 Å². The van der Waals surface area contributed by atoms with Gasteiger partial charge in [0.25, 0.3) is 0 Å². The van der Waals surface area contributed by atoms with Gasteiger partial charge in [-0.15, -0.1) is 0 Å². The molecule has 1 aliphatic rings. The molecule has 106 valence electrons. The number of hydrogen-bond acceptors (Lipinski definition) is 4. The van der Waals surface area contributed by atoms with E-state index in [9.17, 15) is 0 Å². The predicted octanol–water partition coefficient (Wildman–Crippen LogP) is 1.20. The minimum absolute atomic E-state index is 1.03. The van der Waals surface area contributed by atoms with Gasteiger partial charge in [0.15, 0.2) is 0 Å². The highest BCUT2D eigenvalue weighted by Gasteiger charge is 2.10. The first-order valence-corrected chi connectivity index (χ1v) is 7.43. The Kier molecular flexibility index (Phi) is 6.27. The summed E-state index contributed by atoms with van der Waals surface area (Å²) in [6, 6.07) is 4.22. The lowest BCUT2D eigenvalue weighted by atomic mass is 10.2. The number of pyridine rings is 1. The molecule has 0 unspecified atom stereocenters.